The molecule has 0 aromatic rings. The molecular formula is C26H50O7. The van der Waals surface area contributed by atoms with Crippen molar-refractivity contribution in [2.24, 2.45) is 0 Å². The second kappa shape index (κ2) is 25.0. The maximum atomic E-state index is 11.7. The third kappa shape index (κ3) is 26.5. The molecule has 0 bridgehead atoms. The van der Waals surface area contributed by atoms with Gasteiger partial charge in [0.1, 0.15) is 18.8 Å². The standard InChI is InChI=1S/C21H40O4.C5H10O3/c1-4-6-8-10-12-14-16-20(22)24-18-19(3)25-21(23)17-15-13-11-9-7-5-2;1-3-8-5(7)4(2)6/h19H,4-18H2,1-3H3;4,6H,3H2,1-2H3. The highest BCUT2D eigenvalue weighted by Crippen LogP contribution is 2.09. The Labute approximate surface area is 201 Å². The van der Waals surface area contributed by atoms with Crippen LogP contribution in [0.25, 0.3) is 0 Å². The van der Waals surface area contributed by atoms with Gasteiger partial charge < -0.3 is 19.3 Å². The number of ether oxygens (including phenoxy) is 3. The summed E-state index contributed by atoms with van der Waals surface area (Å²) in [6.45, 7) is 9.72. The molecule has 0 aromatic carbocycles. The van der Waals surface area contributed by atoms with Gasteiger partial charge in [-0.15, -0.1) is 0 Å². The Morgan fingerprint density at radius 2 is 1.12 bits per heavy atom. The number of aliphatic hydroxyl groups is 1. The number of carbonyl (C=O) groups is 3. The topological polar surface area (TPSA) is 99.1 Å². The molecule has 1 N–H and O–H groups in total. The zero-order valence-electron chi connectivity index (χ0n) is 21.9. The lowest BCUT2D eigenvalue weighted by Gasteiger charge is -2.13. The summed E-state index contributed by atoms with van der Waals surface area (Å²) >= 11 is 0. The molecule has 0 radical (unpaired) electrons. The van der Waals surface area contributed by atoms with Crippen molar-refractivity contribution in [2.75, 3.05) is 13.2 Å². The molecule has 0 heterocycles. The minimum atomic E-state index is -0.991. The maximum absolute atomic E-state index is 11.7. The van der Waals surface area contributed by atoms with Crippen LogP contribution < -0.4 is 0 Å². The average Bonchev–Trinajstić information content (AvgIpc) is 2.77. The highest BCUT2D eigenvalue weighted by Gasteiger charge is 2.12. The lowest BCUT2D eigenvalue weighted by Crippen LogP contribution is -2.22. The van der Waals surface area contributed by atoms with Crippen molar-refractivity contribution in [3.05, 3.63) is 0 Å². The predicted molar refractivity (Wildman–Crippen MR) is 131 cm³/mol. The molecule has 33 heavy (non-hydrogen) atoms. The van der Waals surface area contributed by atoms with Crippen LogP contribution in [-0.2, 0) is 28.6 Å². The molecule has 0 rings (SSSR count). The van der Waals surface area contributed by atoms with Gasteiger partial charge in [-0.05, 0) is 33.6 Å². The van der Waals surface area contributed by atoms with Gasteiger partial charge in [0.2, 0.25) is 0 Å². The Morgan fingerprint density at radius 1 is 0.667 bits per heavy atom. The molecule has 0 aliphatic carbocycles. The van der Waals surface area contributed by atoms with Gasteiger partial charge in [-0.25, -0.2) is 4.79 Å². The van der Waals surface area contributed by atoms with E-state index in [1.807, 2.05) is 0 Å². The molecule has 2 unspecified atom stereocenters. The van der Waals surface area contributed by atoms with E-state index in [2.05, 4.69) is 18.6 Å². The summed E-state index contributed by atoms with van der Waals surface area (Å²) < 4.78 is 14.9. The summed E-state index contributed by atoms with van der Waals surface area (Å²) in [7, 11) is 0. The van der Waals surface area contributed by atoms with Gasteiger partial charge in [0, 0.05) is 12.8 Å². The molecule has 0 saturated heterocycles. The fraction of sp³-hybridized carbons (Fsp3) is 0.885. The lowest BCUT2D eigenvalue weighted by molar-refractivity contribution is -0.158. The fourth-order valence-electron chi connectivity index (χ4n) is 2.96. The van der Waals surface area contributed by atoms with Gasteiger partial charge in [-0.2, -0.15) is 0 Å². The quantitative estimate of drug-likeness (QED) is 0.141. The second-order valence-electron chi connectivity index (χ2n) is 8.45. The monoisotopic (exact) mass is 474 g/mol. The van der Waals surface area contributed by atoms with E-state index in [-0.39, 0.29) is 24.6 Å². The predicted octanol–water partition coefficient (Wildman–Crippen LogP) is 5.89. The van der Waals surface area contributed by atoms with Gasteiger partial charge in [-0.3, -0.25) is 9.59 Å². The number of esters is 3. The number of rotatable bonds is 19. The summed E-state index contributed by atoms with van der Waals surface area (Å²) in [6.07, 6.45) is 13.4. The Hall–Kier alpha value is -1.63. The van der Waals surface area contributed by atoms with Crippen LogP contribution in [0.1, 0.15) is 125 Å². The first-order valence-corrected chi connectivity index (χ1v) is 13.0. The van der Waals surface area contributed by atoms with Gasteiger partial charge in [0.15, 0.2) is 0 Å². The van der Waals surface area contributed by atoms with Crippen LogP contribution in [0.2, 0.25) is 0 Å². The van der Waals surface area contributed by atoms with E-state index in [0.717, 1.165) is 25.7 Å². The first-order valence-electron chi connectivity index (χ1n) is 13.0. The van der Waals surface area contributed by atoms with E-state index < -0.39 is 12.1 Å². The van der Waals surface area contributed by atoms with E-state index in [4.69, 9.17) is 14.6 Å². The Morgan fingerprint density at radius 3 is 1.55 bits per heavy atom. The zero-order chi connectivity index (χ0) is 25.3. The highest BCUT2D eigenvalue weighted by molar-refractivity contribution is 5.73. The molecule has 0 aliphatic rings. The van der Waals surface area contributed by atoms with E-state index in [1.54, 1.807) is 13.8 Å². The third-order valence-corrected chi connectivity index (χ3v) is 4.91. The van der Waals surface area contributed by atoms with Crippen molar-refractivity contribution < 1.29 is 33.7 Å². The van der Waals surface area contributed by atoms with Crippen LogP contribution in [0.4, 0.5) is 0 Å². The van der Waals surface area contributed by atoms with Crippen LogP contribution in [-0.4, -0.2) is 48.4 Å². The molecule has 7 heteroatoms. The molecule has 2 atom stereocenters. The number of carbonyl (C=O) groups excluding carboxylic acids is 3. The Bertz CT molecular complexity index is 477. The first-order chi connectivity index (χ1) is 15.8. The van der Waals surface area contributed by atoms with E-state index >= 15 is 0 Å². The summed E-state index contributed by atoms with van der Waals surface area (Å²) in [5, 5.41) is 8.48. The summed E-state index contributed by atoms with van der Waals surface area (Å²) in [4.78, 5) is 33.6. The molecular weight excluding hydrogens is 424 g/mol. The normalized spacial score (nSPS) is 12.2. The van der Waals surface area contributed by atoms with Crippen molar-refractivity contribution in [1.82, 2.24) is 0 Å². The number of aliphatic hydroxyl groups excluding tert-OH is 1. The van der Waals surface area contributed by atoms with Gasteiger partial charge in [-0.1, -0.05) is 78.1 Å². The molecule has 0 aliphatic heterocycles. The lowest BCUT2D eigenvalue weighted by atomic mass is 10.1. The minimum absolute atomic E-state index is 0.164. The molecule has 0 saturated carbocycles. The van der Waals surface area contributed by atoms with Gasteiger partial charge in [0.05, 0.1) is 6.61 Å². The van der Waals surface area contributed by atoms with Crippen LogP contribution in [0, 0.1) is 0 Å². The fourth-order valence-corrected chi connectivity index (χ4v) is 2.96. The maximum Gasteiger partial charge on any atom is 0.334 e. The van der Waals surface area contributed by atoms with E-state index in [9.17, 15) is 14.4 Å². The van der Waals surface area contributed by atoms with Crippen molar-refractivity contribution in [1.29, 1.82) is 0 Å². The van der Waals surface area contributed by atoms with Gasteiger partial charge >= 0.3 is 17.9 Å². The molecule has 0 fully saturated rings. The van der Waals surface area contributed by atoms with Crippen LogP contribution in [0.3, 0.4) is 0 Å². The van der Waals surface area contributed by atoms with E-state index in [1.165, 1.54) is 58.3 Å². The van der Waals surface area contributed by atoms with Crippen LogP contribution in [0.5, 0.6) is 0 Å². The molecule has 7 nitrogen and oxygen atoms in total. The zero-order valence-corrected chi connectivity index (χ0v) is 21.9. The Balaban J connectivity index is 0. The van der Waals surface area contributed by atoms with Crippen molar-refractivity contribution in [3.8, 4) is 0 Å². The average molecular weight is 475 g/mol. The molecule has 0 spiro atoms. The smallest absolute Gasteiger partial charge is 0.334 e. The summed E-state index contributed by atoms with van der Waals surface area (Å²) in [5.74, 6) is -0.934. The Kier molecular flexibility index (Phi) is 25.4. The van der Waals surface area contributed by atoms with Crippen LogP contribution in [0.15, 0.2) is 0 Å². The molecule has 0 aromatic heterocycles. The van der Waals surface area contributed by atoms with Crippen molar-refractivity contribution in [3.63, 3.8) is 0 Å². The summed E-state index contributed by atoms with van der Waals surface area (Å²) in [5.41, 5.74) is 0. The SMILES string of the molecule is CCCCCCCCC(=O)OCC(C)OC(=O)CCCCCCCC.CCOC(=O)C(C)O. The first kappa shape index (κ1) is 33.5. The van der Waals surface area contributed by atoms with Crippen molar-refractivity contribution >= 4 is 17.9 Å². The molecule has 0 amide bonds. The largest absolute Gasteiger partial charge is 0.464 e. The highest BCUT2D eigenvalue weighted by atomic mass is 16.6. The molecule has 196 valence electrons. The second-order valence-corrected chi connectivity index (χ2v) is 8.45. The van der Waals surface area contributed by atoms with E-state index in [0.29, 0.717) is 19.4 Å². The van der Waals surface area contributed by atoms with Gasteiger partial charge in [0.25, 0.3) is 0 Å². The summed E-state index contributed by atoms with van der Waals surface area (Å²) in [6, 6.07) is 0. The minimum Gasteiger partial charge on any atom is -0.464 e. The number of unbranched alkanes of at least 4 members (excludes halogenated alkanes) is 10. The van der Waals surface area contributed by atoms with Crippen LogP contribution >= 0.6 is 0 Å². The van der Waals surface area contributed by atoms with Crippen molar-refractivity contribution in [2.45, 2.75) is 137 Å². The number of hydrogen-bond acceptors (Lipinski definition) is 7. The third-order valence-electron chi connectivity index (χ3n) is 4.91. The number of hydrogen-bond donors (Lipinski definition) is 1.